The van der Waals surface area contributed by atoms with Crippen LogP contribution in [-0.2, 0) is 6.42 Å². The van der Waals surface area contributed by atoms with Gasteiger partial charge in [0.15, 0.2) is 0 Å². The number of aromatic nitrogens is 1. The Bertz CT molecular complexity index is 268. The fraction of sp³-hybridized carbons (Fsp3) is 0.375. The molecule has 0 fully saturated rings. The molecule has 4 nitrogen and oxygen atoms in total. The van der Waals surface area contributed by atoms with Crippen LogP contribution in [0, 0.1) is 0 Å². The molecule has 0 atom stereocenters. The summed E-state index contributed by atoms with van der Waals surface area (Å²) in [5, 5.41) is 20.8. The lowest BCUT2D eigenvalue weighted by Gasteiger charge is -2.02. The van der Waals surface area contributed by atoms with Gasteiger partial charge in [-0.25, -0.2) is 0 Å². The van der Waals surface area contributed by atoms with E-state index in [9.17, 15) is 0 Å². The largest absolute Gasteiger partial charge is 0.490 e. The Labute approximate surface area is 77.8 Å². The zero-order valence-electron chi connectivity index (χ0n) is 7.57. The molecule has 1 heterocycles. The van der Waals surface area contributed by atoms with E-state index in [4.69, 9.17) is 10.0 Å². The van der Waals surface area contributed by atoms with Gasteiger partial charge in [-0.15, -0.1) is 0 Å². The Kier molecular flexibility index (Phi) is 3.88. The van der Waals surface area contributed by atoms with Gasteiger partial charge in [0, 0.05) is 17.9 Å². The second kappa shape index (κ2) is 4.96. The van der Waals surface area contributed by atoms with Crippen LogP contribution in [-0.4, -0.2) is 35.7 Å². The average molecular weight is 180 g/mol. The van der Waals surface area contributed by atoms with Crippen LogP contribution in [0.1, 0.15) is 5.56 Å². The summed E-state index contributed by atoms with van der Waals surface area (Å²) >= 11 is 0. The molecular weight excluding hydrogens is 167 g/mol. The van der Waals surface area contributed by atoms with Crippen LogP contribution in [0.15, 0.2) is 18.5 Å². The molecule has 0 saturated heterocycles. The topological polar surface area (TPSA) is 65.4 Å². The monoisotopic (exact) mass is 180 g/mol. The van der Waals surface area contributed by atoms with Crippen molar-refractivity contribution in [3.05, 3.63) is 24.0 Å². The van der Waals surface area contributed by atoms with Gasteiger partial charge in [-0.05, 0) is 25.6 Å². The summed E-state index contributed by atoms with van der Waals surface area (Å²) in [6.07, 6.45) is 4.01. The first kappa shape index (κ1) is 10.2. The standard InChI is InChI=1S/C8H13BN2O2/c1-10-3-2-7-4-8(9(12)13)6-11-5-7/h4-6,10,12-13H,2-3H2,1H3. The van der Waals surface area contributed by atoms with Gasteiger partial charge in [-0.2, -0.15) is 0 Å². The van der Waals surface area contributed by atoms with Crippen molar-refractivity contribution in [3.63, 3.8) is 0 Å². The Hall–Kier alpha value is -0.905. The van der Waals surface area contributed by atoms with E-state index >= 15 is 0 Å². The molecule has 0 amide bonds. The minimum Gasteiger partial charge on any atom is -0.423 e. The Morgan fingerprint density at radius 1 is 1.46 bits per heavy atom. The quantitative estimate of drug-likeness (QED) is 0.494. The molecule has 1 rings (SSSR count). The van der Waals surface area contributed by atoms with Crippen LogP contribution >= 0.6 is 0 Å². The number of hydrogen-bond donors (Lipinski definition) is 3. The summed E-state index contributed by atoms with van der Waals surface area (Å²) in [6, 6.07) is 1.75. The molecule has 5 heteroatoms. The number of nitrogens with zero attached hydrogens (tertiary/aromatic N) is 1. The molecular formula is C8H13BN2O2. The van der Waals surface area contributed by atoms with Crippen molar-refractivity contribution in [2.45, 2.75) is 6.42 Å². The second-order valence-electron chi connectivity index (χ2n) is 2.85. The second-order valence-corrected chi connectivity index (χ2v) is 2.85. The first-order valence-corrected chi connectivity index (χ1v) is 4.18. The highest BCUT2D eigenvalue weighted by molar-refractivity contribution is 6.58. The third kappa shape index (κ3) is 3.14. The molecule has 0 aromatic carbocycles. The Morgan fingerprint density at radius 2 is 2.23 bits per heavy atom. The number of nitrogens with one attached hydrogen (secondary N) is 1. The van der Waals surface area contributed by atoms with Gasteiger partial charge in [0.1, 0.15) is 0 Å². The van der Waals surface area contributed by atoms with Crippen molar-refractivity contribution in [1.29, 1.82) is 0 Å². The van der Waals surface area contributed by atoms with Crippen molar-refractivity contribution >= 4 is 12.6 Å². The SMILES string of the molecule is CNCCc1cncc(B(O)O)c1. The van der Waals surface area contributed by atoms with Crippen LogP contribution in [0.25, 0.3) is 0 Å². The summed E-state index contributed by atoms with van der Waals surface area (Å²) in [5.74, 6) is 0. The molecule has 0 radical (unpaired) electrons. The lowest BCUT2D eigenvalue weighted by molar-refractivity contribution is 0.425. The van der Waals surface area contributed by atoms with Gasteiger partial charge >= 0.3 is 7.12 Å². The first-order chi connectivity index (χ1) is 6.24. The summed E-state index contributed by atoms with van der Waals surface area (Å²) < 4.78 is 0. The van der Waals surface area contributed by atoms with Gasteiger partial charge in [-0.1, -0.05) is 6.07 Å². The van der Waals surface area contributed by atoms with Crippen LogP contribution in [0.3, 0.4) is 0 Å². The van der Waals surface area contributed by atoms with E-state index in [0.29, 0.717) is 5.46 Å². The molecule has 13 heavy (non-hydrogen) atoms. The van der Waals surface area contributed by atoms with Crippen LogP contribution in [0.5, 0.6) is 0 Å². The smallest absolute Gasteiger partial charge is 0.423 e. The van der Waals surface area contributed by atoms with Crippen molar-refractivity contribution in [3.8, 4) is 0 Å². The normalized spacial score (nSPS) is 10.1. The van der Waals surface area contributed by atoms with Gasteiger partial charge in [0.25, 0.3) is 0 Å². The van der Waals surface area contributed by atoms with E-state index in [-0.39, 0.29) is 0 Å². The molecule has 0 aliphatic carbocycles. The summed E-state index contributed by atoms with van der Waals surface area (Å²) in [4.78, 5) is 3.91. The zero-order chi connectivity index (χ0) is 9.68. The lowest BCUT2D eigenvalue weighted by Crippen LogP contribution is -2.30. The van der Waals surface area contributed by atoms with Gasteiger partial charge in [0.05, 0.1) is 0 Å². The van der Waals surface area contributed by atoms with E-state index in [1.54, 1.807) is 12.3 Å². The number of likely N-dealkylation sites (N-methyl/N-ethyl adjacent to an activating group) is 1. The fourth-order valence-corrected chi connectivity index (χ4v) is 1.05. The van der Waals surface area contributed by atoms with Gasteiger partial charge < -0.3 is 15.4 Å². The zero-order valence-corrected chi connectivity index (χ0v) is 7.57. The molecule has 0 aliphatic heterocycles. The molecule has 0 unspecified atom stereocenters. The Balaban J connectivity index is 2.68. The fourth-order valence-electron chi connectivity index (χ4n) is 1.05. The van der Waals surface area contributed by atoms with Crippen molar-refractivity contribution in [2.24, 2.45) is 0 Å². The molecule has 1 aromatic rings. The maximum atomic E-state index is 8.87. The van der Waals surface area contributed by atoms with Crippen molar-refractivity contribution in [1.82, 2.24) is 10.3 Å². The van der Waals surface area contributed by atoms with E-state index in [1.807, 2.05) is 7.05 Å². The molecule has 0 aliphatic rings. The highest BCUT2D eigenvalue weighted by atomic mass is 16.4. The van der Waals surface area contributed by atoms with E-state index < -0.39 is 7.12 Å². The van der Waals surface area contributed by atoms with Crippen LogP contribution in [0.2, 0.25) is 0 Å². The van der Waals surface area contributed by atoms with E-state index in [0.717, 1.165) is 18.5 Å². The average Bonchev–Trinajstić information content (AvgIpc) is 2.15. The maximum Gasteiger partial charge on any atom is 0.490 e. The third-order valence-electron chi connectivity index (χ3n) is 1.78. The summed E-state index contributed by atoms with van der Waals surface area (Å²) in [6.45, 7) is 0.854. The van der Waals surface area contributed by atoms with Gasteiger partial charge in [0.2, 0.25) is 0 Å². The first-order valence-electron chi connectivity index (χ1n) is 4.18. The Morgan fingerprint density at radius 3 is 2.85 bits per heavy atom. The number of pyridine rings is 1. The summed E-state index contributed by atoms with van der Waals surface area (Å²) in [7, 11) is 0.445. The highest BCUT2D eigenvalue weighted by Gasteiger charge is 2.10. The van der Waals surface area contributed by atoms with Crippen LogP contribution < -0.4 is 10.8 Å². The minimum atomic E-state index is -1.43. The van der Waals surface area contributed by atoms with E-state index in [1.165, 1.54) is 6.20 Å². The molecule has 3 N–H and O–H groups in total. The highest BCUT2D eigenvalue weighted by Crippen LogP contribution is 1.94. The number of hydrogen-bond acceptors (Lipinski definition) is 4. The molecule has 1 aromatic heterocycles. The van der Waals surface area contributed by atoms with E-state index in [2.05, 4.69) is 10.3 Å². The lowest BCUT2D eigenvalue weighted by atomic mass is 9.81. The predicted molar refractivity (Wildman–Crippen MR) is 51.7 cm³/mol. The molecule has 70 valence electrons. The molecule has 0 saturated carbocycles. The predicted octanol–water partition coefficient (Wildman–Crippen LogP) is -1.48. The minimum absolute atomic E-state index is 0.439. The molecule has 0 bridgehead atoms. The third-order valence-corrected chi connectivity index (χ3v) is 1.78. The van der Waals surface area contributed by atoms with Gasteiger partial charge in [-0.3, -0.25) is 4.98 Å². The summed E-state index contributed by atoms with van der Waals surface area (Å²) in [5.41, 5.74) is 1.44. The maximum absolute atomic E-state index is 8.87. The van der Waals surface area contributed by atoms with Crippen molar-refractivity contribution < 1.29 is 10.0 Å². The van der Waals surface area contributed by atoms with Crippen molar-refractivity contribution in [2.75, 3.05) is 13.6 Å². The van der Waals surface area contributed by atoms with Crippen LogP contribution in [0.4, 0.5) is 0 Å². The number of rotatable bonds is 4. The molecule has 0 spiro atoms.